The van der Waals surface area contributed by atoms with E-state index in [1.54, 1.807) is 16.7 Å². The largest absolute Gasteiger partial charge is 0.491 e. The van der Waals surface area contributed by atoms with Gasteiger partial charge in [-0.1, -0.05) is 5.16 Å². The van der Waals surface area contributed by atoms with Gasteiger partial charge >= 0.3 is 0 Å². The van der Waals surface area contributed by atoms with Gasteiger partial charge in [-0.05, 0) is 79.4 Å². The molecule has 2 aromatic carbocycles. The normalized spacial score (nSPS) is 14.6. The highest BCUT2D eigenvalue weighted by molar-refractivity contribution is 14.1. The summed E-state index contributed by atoms with van der Waals surface area (Å²) in [6.45, 7) is 1.50. The number of carbonyl (C=O) groups is 2. The van der Waals surface area contributed by atoms with Crippen molar-refractivity contribution in [3.05, 3.63) is 65.8 Å². The number of ether oxygens (including phenoxy) is 2. The predicted octanol–water partition coefficient (Wildman–Crippen LogP) is 5.42. The van der Waals surface area contributed by atoms with Crippen molar-refractivity contribution in [2.45, 2.75) is 31.8 Å². The molecular weight excluding hydrogens is 865 g/mol. The van der Waals surface area contributed by atoms with Gasteiger partial charge in [-0.2, -0.15) is 4.98 Å². The Morgan fingerprint density at radius 2 is 1.36 bits per heavy atom. The van der Waals surface area contributed by atoms with Gasteiger partial charge in [0, 0.05) is 18.1 Å². The average Bonchev–Trinajstić information content (AvgIpc) is 3.61. The number of hydrogen-bond acceptors (Lipinski definition) is 9. The summed E-state index contributed by atoms with van der Waals surface area (Å²) in [5, 5.41) is 4.01. The third-order valence-corrected chi connectivity index (χ3v) is 9.91. The Morgan fingerprint density at radius 1 is 0.830 bits per heavy atom. The van der Waals surface area contributed by atoms with Crippen LogP contribution >= 0.6 is 54.5 Å². The molecule has 3 aliphatic rings. The smallest absolute Gasteiger partial charge is 0.277 e. The molecule has 0 saturated heterocycles. The number of carbonyl (C=O) groups excluding carboxylic acids is 2. The molecule has 47 heavy (non-hydrogen) atoms. The molecule has 2 amide bonds. The third-order valence-electron chi connectivity index (χ3n) is 7.60. The molecule has 1 aliphatic carbocycles. The minimum atomic E-state index is -0.708. The van der Waals surface area contributed by atoms with Crippen LogP contribution in [0.4, 0.5) is 8.78 Å². The van der Waals surface area contributed by atoms with Gasteiger partial charge in [0.25, 0.3) is 17.7 Å². The fourth-order valence-electron chi connectivity index (χ4n) is 5.24. The molecule has 4 N–H and O–H groups in total. The van der Waals surface area contributed by atoms with Gasteiger partial charge in [0.15, 0.2) is 17.2 Å². The Kier molecular flexibility index (Phi) is 8.27. The van der Waals surface area contributed by atoms with Crippen LogP contribution in [0.25, 0.3) is 34.4 Å². The fourth-order valence-corrected chi connectivity index (χ4v) is 6.78. The molecule has 0 unspecified atom stereocenters. The maximum absolute atomic E-state index is 13.9. The number of fused-ring (bicyclic) bond motifs is 6. The Labute approximate surface area is 294 Å². The van der Waals surface area contributed by atoms with Gasteiger partial charge in [-0.25, -0.2) is 18.7 Å². The van der Waals surface area contributed by atoms with Crippen LogP contribution in [-0.4, -0.2) is 54.3 Å². The first-order chi connectivity index (χ1) is 22.5. The van der Waals surface area contributed by atoms with E-state index in [4.69, 9.17) is 25.5 Å². The van der Waals surface area contributed by atoms with Gasteiger partial charge in [-0.15, -0.1) is 0 Å². The van der Waals surface area contributed by atoms with E-state index in [0.717, 1.165) is 12.8 Å². The Balaban J connectivity index is 0.000000157. The van der Waals surface area contributed by atoms with Crippen LogP contribution in [0.3, 0.4) is 0 Å². The molecule has 18 heteroatoms. The predicted molar refractivity (Wildman–Crippen MR) is 177 cm³/mol. The zero-order valence-electron chi connectivity index (χ0n) is 23.9. The maximum Gasteiger partial charge on any atom is 0.277 e. The molecule has 1 saturated carbocycles. The van der Waals surface area contributed by atoms with E-state index in [-0.39, 0.29) is 28.4 Å². The quantitative estimate of drug-likeness (QED) is 0.223. The Bertz CT molecular complexity index is 2110. The van der Waals surface area contributed by atoms with Gasteiger partial charge in [0.1, 0.15) is 57.4 Å². The van der Waals surface area contributed by atoms with Crippen molar-refractivity contribution in [3.8, 4) is 45.9 Å². The molecule has 13 nitrogen and oxygen atoms in total. The number of halogens is 5. The van der Waals surface area contributed by atoms with E-state index in [0.29, 0.717) is 79.6 Å². The standard InChI is InChI=1S/C17H13BrFN5O3.C12H8BrFIN3O2/c18-9-5-8-11(6-10(9)19)26-4-3-24-13(12(14(20)25)21-16(8)24)17-22-15(23-27-17)7-1-2-7;13-6-3-5-8(4-7(6)14)20-2-1-18-10(15)9(11(16)19)17-12(5)18/h5-7H,1-4H2,(H2,20,25);3-4H,1-2H2,(H2,16,19). The molecule has 0 bridgehead atoms. The molecule has 0 atom stereocenters. The molecule has 242 valence electrons. The summed E-state index contributed by atoms with van der Waals surface area (Å²) < 4.78 is 48.9. The van der Waals surface area contributed by atoms with E-state index >= 15 is 0 Å². The molecule has 3 aromatic heterocycles. The molecule has 1 fully saturated rings. The second kappa shape index (κ2) is 12.3. The van der Waals surface area contributed by atoms with E-state index in [2.05, 4.69) is 52.0 Å². The number of rotatable bonds is 4. The van der Waals surface area contributed by atoms with Crippen LogP contribution < -0.4 is 20.9 Å². The van der Waals surface area contributed by atoms with Crippen molar-refractivity contribution in [3.63, 3.8) is 0 Å². The highest BCUT2D eigenvalue weighted by Gasteiger charge is 2.33. The molecule has 5 aromatic rings. The highest BCUT2D eigenvalue weighted by atomic mass is 127. The van der Waals surface area contributed by atoms with Gasteiger partial charge in [0.2, 0.25) is 0 Å². The number of aromatic nitrogens is 6. The van der Waals surface area contributed by atoms with E-state index in [1.807, 2.05) is 27.2 Å². The van der Waals surface area contributed by atoms with Gasteiger partial charge in [0.05, 0.1) is 33.2 Å². The molecule has 0 radical (unpaired) electrons. The van der Waals surface area contributed by atoms with Crippen molar-refractivity contribution >= 4 is 66.3 Å². The second-order valence-corrected chi connectivity index (χ2v) is 13.4. The van der Waals surface area contributed by atoms with Crippen LogP contribution in [0.2, 0.25) is 0 Å². The minimum Gasteiger partial charge on any atom is -0.491 e. The van der Waals surface area contributed by atoms with Crippen molar-refractivity contribution in [1.82, 2.24) is 29.2 Å². The lowest BCUT2D eigenvalue weighted by Gasteiger charge is -2.07. The molecular formula is C29H21Br2F2IN8O5. The number of imidazole rings is 2. The summed E-state index contributed by atoms with van der Waals surface area (Å²) in [7, 11) is 0. The van der Waals surface area contributed by atoms with Crippen molar-refractivity contribution in [2.75, 3.05) is 13.2 Å². The molecule has 2 aliphatic heterocycles. The van der Waals surface area contributed by atoms with Crippen molar-refractivity contribution < 1.29 is 32.4 Å². The van der Waals surface area contributed by atoms with Gasteiger partial charge < -0.3 is 34.6 Å². The minimum absolute atomic E-state index is 0.0318. The van der Waals surface area contributed by atoms with E-state index in [1.165, 1.54) is 12.1 Å². The highest BCUT2D eigenvalue weighted by Crippen LogP contribution is 2.42. The average molecular weight is 886 g/mol. The number of amides is 2. The SMILES string of the molecule is NC(=O)c1nc2n(c1-c1nc(C3CC3)no1)CCOc1cc(F)c(Br)cc1-2.NC(=O)c1nc2n(c1I)CCOc1cc(F)c(Br)cc1-2. The van der Waals surface area contributed by atoms with Crippen LogP contribution in [0.15, 0.2) is 37.7 Å². The first-order valence-electron chi connectivity index (χ1n) is 14.1. The van der Waals surface area contributed by atoms with Crippen molar-refractivity contribution in [1.29, 1.82) is 0 Å². The number of primary amides is 2. The lowest BCUT2D eigenvalue weighted by molar-refractivity contribution is 0.0987. The van der Waals surface area contributed by atoms with Crippen LogP contribution in [-0.2, 0) is 13.1 Å². The number of nitrogens with zero attached hydrogens (tertiary/aromatic N) is 6. The molecule has 0 spiro atoms. The van der Waals surface area contributed by atoms with E-state index in [9.17, 15) is 18.4 Å². The Hall–Kier alpha value is -3.91. The number of nitrogens with two attached hydrogens (primary N) is 2. The Morgan fingerprint density at radius 3 is 1.91 bits per heavy atom. The summed E-state index contributed by atoms with van der Waals surface area (Å²) >= 11 is 8.35. The van der Waals surface area contributed by atoms with Crippen LogP contribution in [0.5, 0.6) is 11.5 Å². The topological polar surface area (TPSA) is 179 Å². The number of hydrogen-bond donors (Lipinski definition) is 2. The summed E-state index contributed by atoms with van der Waals surface area (Å²) in [6, 6.07) is 5.74. The first kappa shape index (κ1) is 31.7. The third kappa shape index (κ3) is 5.79. The molecule has 8 rings (SSSR count). The monoisotopic (exact) mass is 884 g/mol. The van der Waals surface area contributed by atoms with Crippen molar-refractivity contribution in [2.24, 2.45) is 11.5 Å². The summed E-state index contributed by atoms with van der Waals surface area (Å²) in [6.07, 6.45) is 2.04. The maximum atomic E-state index is 13.9. The lowest BCUT2D eigenvalue weighted by Crippen LogP contribution is -2.14. The summed E-state index contributed by atoms with van der Waals surface area (Å²) in [5.74, 6) is 0.680. The zero-order valence-corrected chi connectivity index (χ0v) is 29.2. The zero-order chi connectivity index (χ0) is 33.1. The van der Waals surface area contributed by atoms with Crippen LogP contribution in [0.1, 0.15) is 45.6 Å². The number of benzene rings is 2. The summed E-state index contributed by atoms with van der Waals surface area (Å²) in [4.78, 5) is 36.6. The second-order valence-electron chi connectivity index (χ2n) is 10.7. The van der Waals surface area contributed by atoms with Gasteiger partial charge in [-0.3, -0.25) is 9.59 Å². The summed E-state index contributed by atoms with van der Waals surface area (Å²) in [5.41, 5.74) is 12.6. The molecule has 5 heterocycles. The van der Waals surface area contributed by atoms with Crippen LogP contribution in [0, 0.1) is 15.3 Å². The first-order valence-corrected chi connectivity index (χ1v) is 16.7. The lowest BCUT2D eigenvalue weighted by atomic mass is 10.2. The fraction of sp³-hybridized carbons (Fsp3) is 0.241. The van der Waals surface area contributed by atoms with E-state index < -0.39 is 23.4 Å².